The third-order valence-corrected chi connectivity index (χ3v) is 12.5. The van der Waals surface area contributed by atoms with E-state index < -0.39 is 50.2 Å². The van der Waals surface area contributed by atoms with Crippen molar-refractivity contribution in [1.82, 2.24) is 90.9 Å². The smallest absolute Gasteiger partial charge is 0.407 e. The van der Waals surface area contributed by atoms with Crippen LogP contribution in [0.4, 0.5) is 33.9 Å². The van der Waals surface area contributed by atoms with Crippen molar-refractivity contribution >= 4 is 76.8 Å². The van der Waals surface area contributed by atoms with Crippen molar-refractivity contribution in [2.75, 3.05) is 51.1 Å². The fourth-order valence-electron chi connectivity index (χ4n) is 7.58. The molecule has 8 aromatic heterocycles. The number of amides is 1. The largest absolute Gasteiger partial charge is 0.475 e. The van der Waals surface area contributed by atoms with Gasteiger partial charge >= 0.3 is 59.4 Å². The van der Waals surface area contributed by atoms with Gasteiger partial charge in [-0.2, -0.15) is 0 Å². The van der Waals surface area contributed by atoms with Crippen LogP contribution in [0, 0.1) is 36.3 Å². The van der Waals surface area contributed by atoms with E-state index in [2.05, 4.69) is 81.5 Å². The monoisotopic (exact) mass is 1560 g/mol. The van der Waals surface area contributed by atoms with Gasteiger partial charge in [0.25, 0.3) is 5.69 Å². The minimum Gasteiger partial charge on any atom is -0.475 e. The fraction of sp³-hybridized carbons (Fsp3) is 0.446. The van der Waals surface area contributed by atoms with Gasteiger partial charge < -0.3 is 91.5 Å². The zero-order valence-electron chi connectivity index (χ0n) is 62.3. The van der Waals surface area contributed by atoms with Crippen LogP contribution >= 0.6 is 0 Å². The lowest BCUT2D eigenvalue weighted by Crippen LogP contribution is -2.40. The molecule has 6 atom stereocenters. The molecule has 0 bridgehead atoms. The number of carbonyl (C=O) groups is 8. The van der Waals surface area contributed by atoms with Crippen LogP contribution in [-0.2, 0) is 52.4 Å². The van der Waals surface area contributed by atoms with E-state index >= 15 is 0 Å². The first kappa shape index (κ1) is 95.5. The third-order valence-electron chi connectivity index (χ3n) is 12.5. The van der Waals surface area contributed by atoms with Crippen molar-refractivity contribution in [1.29, 1.82) is 0 Å². The second kappa shape index (κ2) is 48.6. The highest BCUT2D eigenvalue weighted by Gasteiger charge is 2.24. The second-order valence-corrected chi connectivity index (χ2v) is 24.0. The van der Waals surface area contributed by atoms with Crippen molar-refractivity contribution in [2.45, 2.75) is 147 Å². The van der Waals surface area contributed by atoms with Crippen LogP contribution in [0.15, 0.2) is 91.0 Å². The average Bonchev–Trinajstić information content (AvgIpc) is 1.75. The van der Waals surface area contributed by atoms with E-state index in [1.54, 1.807) is 95.6 Å². The number of alkyl carbamates (subject to hydrolysis) is 1. The number of tetrazole rings is 3. The average molecular weight is 1560 g/mol. The van der Waals surface area contributed by atoms with Gasteiger partial charge in [0.1, 0.15) is 55.1 Å². The van der Waals surface area contributed by atoms with E-state index in [1.165, 1.54) is 86.4 Å². The minimum absolute atomic E-state index is 0. The summed E-state index contributed by atoms with van der Waals surface area (Å²) in [5, 5.41) is 85.3. The van der Waals surface area contributed by atoms with Crippen molar-refractivity contribution < 1.29 is 91.8 Å². The number of carbonyl (C=O) groups excluding carboxylic acids is 7. The quantitative estimate of drug-likeness (QED) is 0.0135. The number of nitrogens with zero attached hydrogens (tertiary/aromatic N) is 20. The summed E-state index contributed by atoms with van der Waals surface area (Å²) < 4.78 is 33.4. The Kier molecular flexibility index (Phi) is 41.8. The number of Topliss-reactive ketones (excluding diaryl/α,β-unsaturated/α-hetero) is 1. The van der Waals surface area contributed by atoms with Crippen LogP contribution in [-0.4, -0.2) is 216 Å². The summed E-state index contributed by atoms with van der Waals surface area (Å²) in [5.74, 6) is -2.67. The van der Waals surface area contributed by atoms with Crippen LogP contribution in [0.2, 0.25) is 0 Å². The number of aromatic nitrogens is 17. The molecule has 0 saturated carbocycles. The lowest BCUT2D eigenvalue weighted by molar-refractivity contribution is -0.389. The number of rotatable bonds is 25. The summed E-state index contributed by atoms with van der Waals surface area (Å²) in [6.07, 6.45) is -0.399. The second-order valence-electron chi connectivity index (χ2n) is 24.0. The molecule has 0 fully saturated rings. The zero-order chi connectivity index (χ0) is 83.0. The van der Waals surface area contributed by atoms with E-state index in [1.807, 2.05) is 13.8 Å². The standard InChI is InChI=1S/C12H14N2O5.C11H12N6O4.C11H14N6O2.C10H19NO4.C9H12N6O.C6H4N2O4.C5H11NO2.CH4/c1-8(7-19-9(2)15)6-11(16)10-4-3-5-12(13-10)14(17)18;1-7(6-21-8(2)18)16-11(13-14-15-16)9-4-3-5-10(12-9)17(19)20;1-7(6-19-8(2)18)17-11(14-15-16-17)9-4-3-5-10(12)13-9;1-7(6-14-8(2)12)11-9(13)15-10(3,4)5;1-6(5-16)15-9(12-13-14-15)7-3-2-4-8(10)11-7;9-6(10)4-2-1-3-5(7-4)8(11)12;1-4(6)3-8-5(2)7;/h3-5,8H,6-7H2,1-2H3;3-5,7H,6H2,1-2H3;3-5,7H,6H2,1-2H3,(H2,12,13);7H,6H2,1-5H3,(H,11,13);2-4,6,16H,5H2,1H3,(H2,10,11);1-3H,(H,9,10);4H,3,6H2,1-2H3;1H4/t8-;3*7-;6-;;4-;/m01111.1./s1. The molecule has 8 rings (SSSR count). The van der Waals surface area contributed by atoms with Crippen molar-refractivity contribution in [3.63, 3.8) is 0 Å². The summed E-state index contributed by atoms with van der Waals surface area (Å²) in [6, 6.07) is 21.4. The Morgan fingerprint density at radius 2 is 0.838 bits per heavy atom. The number of nitro groups is 3. The number of aliphatic hydroxyl groups is 1. The molecule has 8 aromatic rings. The number of anilines is 2. The summed E-state index contributed by atoms with van der Waals surface area (Å²) in [4.78, 5) is 135. The number of nitrogen functional groups attached to an aromatic ring is 2. The van der Waals surface area contributed by atoms with Crippen molar-refractivity contribution in [2.24, 2.45) is 11.7 Å². The van der Waals surface area contributed by atoms with Crippen LogP contribution < -0.4 is 22.5 Å². The predicted molar refractivity (Wildman–Crippen MR) is 389 cm³/mol. The molecule has 602 valence electrons. The molecule has 0 aliphatic carbocycles. The Balaban J connectivity index is 0.000000656. The number of hydrogen-bond acceptors (Lipinski definition) is 38. The molecule has 8 heterocycles. The van der Waals surface area contributed by atoms with Gasteiger partial charge in [-0.3, -0.25) is 28.8 Å². The lowest BCUT2D eigenvalue weighted by Gasteiger charge is -2.21. The van der Waals surface area contributed by atoms with Gasteiger partial charge in [0.2, 0.25) is 34.6 Å². The number of aliphatic hydroxyl groups excluding tert-OH is 1. The molecule has 0 aliphatic rings. The third kappa shape index (κ3) is 38.0. The van der Waals surface area contributed by atoms with Gasteiger partial charge in [0, 0.05) is 65.3 Å². The topological polar surface area (TPSA) is 647 Å². The maximum atomic E-state index is 11.8. The number of nitrogens with two attached hydrogens (primary N) is 3. The Hall–Kier alpha value is -13.6. The van der Waals surface area contributed by atoms with E-state index in [0.29, 0.717) is 41.3 Å². The molecule has 0 aromatic carbocycles. The Labute approximate surface area is 634 Å². The maximum absolute atomic E-state index is 11.8. The lowest BCUT2D eigenvalue weighted by atomic mass is 10.0. The van der Waals surface area contributed by atoms with Gasteiger partial charge in [0.05, 0.1) is 37.4 Å². The molecule has 0 unspecified atom stereocenters. The number of esters is 5. The zero-order valence-corrected chi connectivity index (χ0v) is 62.3. The number of nitrogens with one attached hydrogen (secondary N) is 1. The number of pyridine rings is 5. The van der Waals surface area contributed by atoms with Gasteiger partial charge in [-0.15, -0.1) is 15.3 Å². The highest BCUT2D eigenvalue weighted by molar-refractivity contribution is 5.94. The molecular formula is C65H90N24O22. The van der Waals surface area contributed by atoms with Gasteiger partial charge in [0.15, 0.2) is 0 Å². The fourth-order valence-corrected chi connectivity index (χ4v) is 7.58. The number of carboxylic acids is 1. The van der Waals surface area contributed by atoms with E-state index in [-0.39, 0.29) is 141 Å². The SMILES string of the molecule is C.CC(=O)OC[C@@H](C)CC(=O)c1cccc([N+](=O)[O-])n1.CC(=O)OC[C@@H](C)N.CC(=O)OC[C@@H](C)NC(=O)OC(C)(C)C.CC(=O)OC[C@@H](C)n1nnnc1-c1cccc(N)n1.CC(=O)OC[C@@H](C)n1nnnc1-c1cccc([N+](=O)[O-])n1.C[C@H](CO)n1nnnc1-c1cccc(N)n1.O=C(O)c1cccc([N+](=O)[O-])n1. The molecule has 111 heavy (non-hydrogen) atoms. The van der Waals surface area contributed by atoms with Crippen LogP contribution in [0.25, 0.3) is 34.6 Å². The van der Waals surface area contributed by atoms with E-state index in [0.717, 1.165) is 6.07 Å². The van der Waals surface area contributed by atoms with Gasteiger partial charge in [-0.1, -0.05) is 26.5 Å². The number of aromatic carboxylic acids is 1. The first-order chi connectivity index (χ1) is 51.6. The molecule has 46 heteroatoms. The van der Waals surface area contributed by atoms with Crippen LogP contribution in [0.3, 0.4) is 0 Å². The summed E-state index contributed by atoms with van der Waals surface area (Å²) in [7, 11) is 0. The highest BCUT2D eigenvalue weighted by atomic mass is 16.6. The first-order valence-corrected chi connectivity index (χ1v) is 32.6. The Bertz CT molecular complexity index is 4310. The van der Waals surface area contributed by atoms with Crippen molar-refractivity contribution in [3.05, 3.63) is 133 Å². The Morgan fingerprint density at radius 3 is 1.20 bits per heavy atom. The number of carboxylic acid groups (broad SMARTS) is 1. The molecule has 1 amide bonds. The first-order valence-electron chi connectivity index (χ1n) is 32.6. The molecule has 0 spiro atoms. The number of hydrogen-bond donors (Lipinski definition) is 6. The summed E-state index contributed by atoms with van der Waals surface area (Å²) in [5.41, 5.74) is 17.1. The van der Waals surface area contributed by atoms with Crippen LogP contribution in [0.5, 0.6) is 0 Å². The summed E-state index contributed by atoms with van der Waals surface area (Å²) >= 11 is 0. The normalized spacial score (nSPS) is 11.8. The molecule has 0 aliphatic heterocycles. The molecule has 0 radical (unpaired) electrons. The van der Waals surface area contributed by atoms with Crippen molar-refractivity contribution in [3.8, 4) is 34.6 Å². The highest BCUT2D eigenvalue weighted by Crippen LogP contribution is 2.22. The maximum Gasteiger partial charge on any atom is 0.407 e. The number of ketones is 1. The summed E-state index contributed by atoms with van der Waals surface area (Å²) in [6.45, 7) is 23.5. The number of ether oxygens (including phenoxy) is 6. The predicted octanol–water partition coefficient (Wildman–Crippen LogP) is 5.52. The van der Waals surface area contributed by atoms with Gasteiger partial charge in [-0.05, 0) is 183 Å². The van der Waals surface area contributed by atoms with Gasteiger partial charge in [-0.25, -0.2) is 33.6 Å². The minimum atomic E-state index is -1.28. The van der Waals surface area contributed by atoms with E-state index in [9.17, 15) is 68.7 Å². The molecular weight excluding hydrogens is 1470 g/mol. The molecule has 0 saturated heterocycles. The molecule has 9 N–H and O–H groups in total. The molecule has 46 nitrogen and oxygen atoms in total. The van der Waals surface area contributed by atoms with Crippen LogP contribution in [0.1, 0.15) is 150 Å². The Morgan fingerprint density at radius 1 is 0.495 bits per heavy atom. The van der Waals surface area contributed by atoms with E-state index in [4.69, 9.17) is 51.1 Å².